The average Bonchev–Trinajstić information content (AvgIpc) is 3.07. The minimum atomic E-state index is -0.384. The lowest BCUT2D eigenvalue weighted by molar-refractivity contribution is 0.0992. The summed E-state index contributed by atoms with van der Waals surface area (Å²) in [5.41, 5.74) is 0.529. The molecule has 0 aliphatic heterocycles. The van der Waals surface area contributed by atoms with Crippen LogP contribution in [0, 0.1) is 0 Å². The van der Waals surface area contributed by atoms with Gasteiger partial charge < -0.3 is 14.5 Å². The molecule has 4 nitrogen and oxygen atoms in total. The van der Waals surface area contributed by atoms with Gasteiger partial charge in [-0.05, 0) is 58.4 Å². The van der Waals surface area contributed by atoms with Gasteiger partial charge in [0.2, 0.25) is 0 Å². The second kappa shape index (κ2) is 7.95. The van der Waals surface area contributed by atoms with Crippen molar-refractivity contribution in [3.05, 3.63) is 80.6 Å². The quantitative estimate of drug-likeness (QED) is 0.515. The second-order valence-corrected chi connectivity index (χ2v) is 6.74. The van der Waals surface area contributed by atoms with Crippen LogP contribution in [0.5, 0.6) is 5.75 Å². The van der Waals surface area contributed by atoms with Crippen LogP contribution in [0.4, 0.5) is 5.69 Å². The summed E-state index contributed by atoms with van der Waals surface area (Å²) in [6.07, 6.45) is 0. The zero-order valence-electron chi connectivity index (χ0n) is 12.8. The van der Waals surface area contributed by atoms with Crippen molar-refractivity contribution in [3.8, 4) is 5.75 Å². The maximum atomic E-state index is 12.2. The fraction of sp³-hybridized carbons (Fsp3) is 0.0556. The molecule has 0 aliphatic rings. The maximum absolute atomic E-state index is 12.2. The summed E-state index contributed by atoms with van der Waals surface area (Å²) >= 11 is 15.2. The van der Waals surface area contributed by atoms with Crippen molar-refractivity contribution in [2.75, 3.05) is 5.32 Å². The number of carbonyl (C=O) groups excluding carboxylic acids is 1. The van der Waals surface area contributed by atoms with Crippen LogP contribution in [0.1, 0.15) is 16.3 Å². The fourth-order valence-corrected chi connectivity index (χ4v) is 2.75. The third kappa shape index (κ3) is 4.57. The molecule has 0 unspecified atom stereocenters. The third-order valence-electron chi connectivity index (χ3n) is 3.27. The predicted octanol–water partition coefficient (Wildman–Crippen LogP) is 6.18. The second-order valence-electron chi connectivity index (χ2n) is 5.07. The number of rotatable bonds is 5. The number of benzene rings is 2. The van der Waals surface area contributed by atoms with Crippen LogP contribution in [-0.2, 0) is 6.61 Å². The van der Waals surface area contributed by atoms with E-state index in [9.17, 15) is 4.79 Å². The van der Waals surface area contributed by atoms with Crippen LogP contribution in [-0.4, -0.2) is 5.91 Å². The molecule has 3 rings (SSSR count). The van der Waals surface area contributed by atoms with Crippen LogP contribution >= 0.6 is 39.1 Å². The normalized spacial score (nSPS) is 10.5. The summed E-state index contributed by atoms with van der Waals surface area (Å²) in [7, 11) is 0. The fourth-order valence-electron chi connectivity index (χ4n) is 2.05. The lowest BCUT2D eigenvalue weighted by atomic mass is 10.3. The Hall–Kier alpha value is -1.95. The van der Waals surface area contributed by atoms with Crippen molar-refractivity contribution in [1.29, 1.82) is 0 Å². The monoisotopic (exact) mass is 439 g/mol. The molecular formula is C18H12BrCl2NO3. The molecular weight excluding hydrogens is 429 g/mol. The van der Waals surface area contributed by atoms with Gasteiger partial charge in [0.25, 0.3) is 5.91 Å². The summed E-state index contributed by atoms with van der Waals surface area (Å²) in [4.78, 5) is 12.2. The molecule has 0 atom stereocenters. The standard InChI is InChI=1S/C18H12BrCl2NO3/c19-13-3-1-2-4-16(13)24-10-12-6-8-17(25-12)18(23)22-11-5-7-14(20)15(21)9-11/h1-9H,10H2,(H,22,23). The Morgan fingerprint density at radius 3 is 2.64 bits per heavy atom. The largest absolute Gasteiger partial charge is 0.484 e. The van der Waals surface area contributed by atoms with Crippen LogP contribution in [0.15, 0.2) is 63.5 Å². The van der Waals surface area contributed by atoms with Crippen molar-refractivity contribution in [2.24, 2.45) is 0 Å². The number of halogens is 3. The summed E-state index contributed by atoms with van der Waals surface area (Å²) < 4.78 is 12.0. The Kier molecular flexibility index (Phi) is 5.68. The number of furan rings is 1. The molecule has 7 heteroatoms. The first-order chi connectivity index (χ1) is 12.0. The highest BCUT2D eigenvalue weighted by Crippen LogP contribution is 2.26. The van der Waals surface area contributed by atoms with E-state index in [4.69, 9.17) is 32.4 Å². The lowest BCUT2D eigenvalue weighted by Gasteiger charge is -2.06. The average molecular weight is 441 g/mol. The Labute approximate surface area is 162 Å². The molecule has 0 saturated heterocycles. The van der Waals surface area contributed by atoms with Crippen molar-refractivity contribution < 1.29 is 13.9 Å². The first-order valence-corrected chi connectivity index (χ1v) is 8.80. The minimum absolute atomic E-state index is 0.178. The van der Waals surface area contributed by atoms with Gasteiger partial charge in [-0.25, -0.2) is 0 Å². The van der Waals surface area contributed by atoms with Gasteiger partial charge in [-0.2, -0.15) is 0 Å². The molecule has 0 spiro atoms. The summed E-state index contributed by atoms with van der Waals surface area (Å²) in [6.45, 7) is 0.211. The van der Waals surface area contributed by atoms with Gasteiger partial charge in [0.1, 0.15) is 18.1 Å². The highest BCUT2D eigenvalue weighted by molar-refractivity contribution is 9.10. The lowest BCUT2D eigenvalue weighted by Crippen LogP contribution is -2.10. The van der Waals surface area contributed by atoms with Crippen LogP contribution in [0.3, 0.4) is 0 Å². The topological polar surface area (TPSA) is 51.5 Å². The van der Waals surface area contributed by atoms with E-state index in [0.29, 0.717) is 27.2 Å². The third-order valence-corrected chi connectivity index (χ3v) is 4.66. The van der Waals surface area contributed by atoms with E-state index >= 15 is 0 Å². The molecule has 0 radical (unpaired) electrons. The van der Waals surface area contributed by atoms with Crippen molar-refractivity contribution in [2.45, 2.75) is 6.61 Å². The van der Waals surface area contributed by atoms with Gasteiger partial charge in [-0.1, -0.05) is 35.3 Å². The molecule has 3 aromatic rings. The summed E-state index contributed by atoms with van der Waals surface area (Å²) in [5, 5.41) is 3.48. The van der Waals surface area contributed by atoms with E-state index in [1.807, 2.05) is 24.3 Å². The van der Waals surface area contributed by atoms with Crippen molar-refractivity contribution in [3.63, 3.8) is 0 Å². The number of carbonyl (C=O) groups is 1. The van der Waals surface area contributed by atoms with E-state index in [0.717, 1.165) is 4.47 Å². The summed E-state index contributed by atoms with van der Waals surface area (Å²) in [5.74, 6) is 1.03. The highest BCUT2D eigenvalue weighted by atomic mass is 79.9. The van der Waals surface area contributed by atoms with Crippen LogP contribution in [0.25, 0.3) is 0 Å². The molecule has 1 heterocycles. The SMILES string of the molecule is O=C(Nc1ccc(Cl)c(Cl)c1)c1ccc(COc2ccccc2Br)o1. The Bertz CT molecular complexity index is 911. The number of para-hydroxylation sites is 1. The van der Waals surface area contributed by atoms with Gasteiger partial charge in [0, 0.05) is 5.69 Å². The highest BCUT2D eigenvalue weighted by Gasteiger charge is 2.13. The van der Waals surface area contributed by atoms with Gasteiger partial charge >= 0.3 is 0 Å². The zero-order valence-corrected chi connectivity index (χ0v) is 15.9. The first kappa shape index (κ1) is 17.9. The molecule has 0 aliphatic carbocycles. The van der Waals surface area contributed by atoms with E-state index in [2.05, 4.69) is 21.2 Å². The van der Waals surface area contributed by atoms with Crippen LogP contribution < -0.4 is 10.1 Å². The molecule has 0 fully saturated rings. The van der Waals surface area contributed by atoms with E-state index in [-0.39, 0.29) is 18.3 Å². The number of hydrogen-bond acceptors (Lipinski definition) is 3. The number of hydrogen-bond donors (Lipinski definition) is 1. The van der Waals surface area contributed by atoms with Crippen molar-refractivity contribution in [1.82, 2.24) is 0 Å². The Morgan fingerprint density at radius 2 is 1.88 bits per heavy atom. The maximum Gasteiger partial charge on any atom is 0.291 e. The molecule has 25 heavy (non-hydrogen) atoms. The zero-order chi connectivity index (χ0) is 17.8. The molecule has 1 amide bonds. The molecule has 1 aromatic heterocycles. The molecule has 0 saturated carbocycles. The summed E-state index contributed by atoms with van der Waals surface area (Å²) in [6, 6.07) is 15.6. The van der Waals surface area contributed by atoms with Crippen molar-refractivity contribution >= 4 is 50.7 Å². The Morgan fingerprint density at radius 1 is 1.08 bits per heavy atom. The van der Waals surface area contributed by atoms with Gasteiger partial charge in [0.15, 0.2) is 5.76 Å². The van der Waals surface area contributed by atoms with Gasteiger partial charge in [0.05, 0.1) is 14.5 Å². The predicted molar refractivity (Wildman–Crippen MR) is 102 cm³/mol. The van der Waals surface area contributed by atoms with Crippen LogP contribution in [0.2, 0.25) is 10.0 Å². The number of anilines is 1. The number of amides is 1. The number of nitrogens with one attached hydrogen (secondary N) is 1. The smallest absolute Gasteiger partial charge is 0.291 e. The molecule has 0 bridgehead atoms. The number of ether oxygens (including phenoxy) is 1. The van der Waals surface area contributed by atoms with Gasteiger partial charge in [-0.3, -0.25) is 4.79 Å². The van der Waals surface area contributed by atoms with E-state index in [1.54, 1.807) is 30.3 Å². The minimum Gasteiger partial charge on any atom is -0.484 e. The Balaban J connectivity index is 1.63. The van der Waals surface area contributed by atoms with E-state index in [1.165, 1.54) is 0 Å². The molecule has 2 aromatic carbocycles. The first-order valence-electron chi connectivity index (χ1n) is 7.25. The van der Waals surface area contributed by atoms with Gasteiger partial charge in [-0.15, -0.1) is 0 Å². The molecule has 1 N–H and O–H groups in total. The van der Waals surface area contributed by atoms with E-state index < -0.39 is 0 Å². The molecule has 128 valence electrons.